The Bertz CT molecular complexity index is 651. The maximum absolute atomic E-state index is 12.0. The van der Waals surface area contributed by atoms with Gasteiger partial charge in [-0.1, -0.05) is 41.9 Å². The molecule has 0 aliphatic rings. The molecule has 0 unspecified atom stereocenters. The number of carbonyl (C=O) groups is 1. The third-order valence-electron chi connectivity index (χ3n) is 3.49. The van der Waals surface area contributed by atoms with Crippen LogP contribution in [0.2, 0.25) is 0 Å². The minimum atomic E-state index is -0.0559. The number of carbonyl (C=O) groups excluding carboxylic acids is 1. The molecule has 2 rings (SSSR count). The van der Waals surface area contributed by atoms with E-state index in [4.69, 9.17) is 0 Å². The lowest BCUT2D eigenvalue weighted by molar-refractivity contribution is -0.114. The second-order valence-corrected chi connectivity index (χ2v) is 6.55. The summed E-state index contributed by atoms with van der Waals surface area (Å²) in [5, 5.41) is 6.06. The Balaban J connectivity index is 1.90. The summed E-state index contributed by atoms with van der Waals surface area (Å²) in [6, 6.07) is 13.9. The number of aryl methyl sites for hydroxylation is 1. The van der Waals surface area contributed by atoms with Gasteiger partial charge in [-0.3, -0.25) is 4.79 Å². The molecule has 22 heavy (non-hydrogen) atoms. The third-order valence-corrected chi connectivity index (χ3v) is 3.98. The van der Waals surface area contributed by atoms with Crippen LogP contribution < -0.4 is 10.6 Å². The molecule has 4 heteroatoms. The fraction of sp³-hybridized carbons (Fsp3) is 0.278. The molecule has 0 saturated carbocycles. The van der Waals surface area contributed by atoms with E-state index in [0.717, 1.165) is 21.4 Å². The zero-order valence-electron chi connectivity index (χ0n) is 13.1. The van der Waals surface area contributed by atoms with Crippen LogP contribution >= 0.6 is 15.9 Å². The Labute approximate surface area is 140 Å². The van der Waals surface area contributed by atoms with Crippen molar-refractivity contribution in [3.63, 3.8) is 0 Å². The first-order valence-corrected chi connectivity index (χ1v) is 8.15. The summed E-state index contributed by atoms with van der Waals surface area (Å²) in [7, 11) is 0. The molecule has 0 aromatic heterocycles. The van der Waals surface area contributed by atoms with Gasteiger partial charge in [0, 0.05) is 15.8 Å². The summed E-state index contributed by atoms with van der Waals surface area (Å²) in [4.78, 5) is 12.0. The first-order chi connectivity index (χ1) is 10.5. The van der Waals surface area contributed by atoms with Crippen LogP contribution in [0.25, 0.3) is 0 Å². The molecule has 0 aliphatic carbocycles. The second-order valence-electron chi connectivity index (χ2n) is 5.64. The smallest absolute Gasteiger partial charge is 0.243 e. The van der Waals surface area contributed by atoms with Crippen LogP contribution in [0, 0.1) is 6.92 Å². The summed E-state index contributed by atoms with van der Waals surface area (Å²) in [6.07, 6.45) is 0. The summed E-state index contributed by atoms with van der Waals surface area (Å²) in [5.41, 5.74) is 4.15. The van der Waals surface area contributed by atoms with Gasteiger partial charge < -0.3 is 10.6 Å². The Morgan fingerprint density at radius 3 is 2.41 bits per heavy atom. The van der Waals surface area contributed by atoms with Crippen LogP contribution in [0.1, 0.15) is 30.9 Å². The molecule has 0 aliphatic heterocycles. The van der Waals surface area contributed by atoms with Crippen molar-refractivity contribution in [1.82, 2.24) is 0 Å². The van der Waals surface area contributed by atoms with Crippen molar-refractivity contribution in [1.29, 1.82) is 0 Å². The number of benzene rings is 2. The SMILES string of the molecule is Cc1cc(Br)ccc1NCC(=O)Nc1ccc(C(C)C)cc1. The molecule has 0 fully saturated rings. The highest BCUT2D eigenvalue weighted by molar-refractivity contribution is 9.10. The van der Waals surface area contributed by atoms with Gasteiger partial charge in [0.25, 0.3) is 0 Å². The lowest BCUT2D eigenvalue weighted by Crippen LogP contribution is -2.22. The summed E-state index contributed by atoms with van der Waals surface area (Å²) >= 11 is 3.43. The van der Waals surface area contributed by atoms with Crippen molar-refractivity contribution in [3.05, 3.63) is 58.1 Å². The standard InChI is InChI=1S/C18H21BrN2O/c1-12(2)14-4-7-16(8-5-14)21-18(22)11-20-17-9-6-15(19)10-13(17)3/h4-10,12,20H,11H2,1-3H3,(H,21,22). The highest BCUT2D eigenvalue weighted by Crippen LogP contribution is 2.20. The van der Waals surface area contributed by atoms with Gasteiger partial charge in [-0.25, -0.2) is 0 Å². The number of hydrogen-bond donors (Lipinski definition) is 2. The average molecular weight is 361 g/mol. The van der Waals surface area contributed by atoms with Gasteiger partial charge in [0.05, 0.1) is 6.54 Å². The predicted molar refractivity (Wildman–Crippen MR) is 96.5 cm³/mol. The molecule has 1 amide bonds. The molecular formula is C18H21BrN2O. The molecule has 2 N–H and O–H groups in total. The molecule has 2 aromatic carbocycles. The first kappa shape index (κ1) is 16.6. The van der Waals surface area contributed by atoms with Crippen molar-refractivity contribution in [2.24, 2.45) is 0 Å². The van der Waals surface area contributed by atoms with E-state index in [9.17, 15) is 4.79 Å². The summed E-state index contributed by atoms with van der Waals surface area (Å²) in [5.74, 6) is 0.436. The van der Waals surface area contributed by atoms with Gasteiger partial charge in [-0.15, -0.1) is 0 Å². The zero-order valence-corrected chi connectivity index (χ0v) is 14.7. The van der Waals surface area contributed by atoms with E-state index in [1.165, 1.54) is 5.56 Å². The lowest BCUT2D eigenvalue weighted by atomic mass is 10.0. The van der Waals surface area contributed by atoms with Crippen LogP contribution in [-0.4, -0.2) is 12.5 Å². The number of anilines is 2. The van der Waals surface area contributed by atoms with Gasteiger partial charge in [-0.05, 0) is 54.3 Å². The van der Waals surface area contributed by atoms with Gasteiger partial charge >= 0.3 is 0 Å². The molecule has 0 radical (unpaired) electrons. The third kappa shape index (κ3) is 4.60. The molecule has 0 heterocycles. The maximum atomic E-state index is 12.0. The monoisotopic (exact) mass is 360 g/mol. The van der Waals surface area contributed by atoms with Crippen molar-refractivity contribution in [2.45, 2.75) is 26.7 Å². The molecule has 3 nitrogen and oxygen atoms in total. The molecule has 0 spiro atoms. The quantitative estimate of drug-likeness (QED) is 0.793. The van der Waals surface area contributed by atoms with Gasteiger partial charge in [0.1, 0.15) is 0 Å². The van der Waals surface area contributed by atoms with Gasteiger partial charge in [0.15, 0.2) is 0 Å². The van der Waals surface area contributed by atoms with E-state index in [1.54, 1.807) is 0 Å². The van der Waals surface area contributed by atoms with Crippen LogP contribution in [-0.2, 0) is 4.79 Å². The van der Waals surface area contributed by atoms with E-state index >= 15 is 0 Å². The zero-order chi connectivity index (χ0) is 16.1. The highest BCUT2D eigenvalue weighted by Gasteiger charge is 2.05. The van der Waals surface area contributed by atoms with Crippen molar-refractivity contribution in [2.75, 3.05) is 17.2 Å². The number of amides is 1. The van der Waals surface area contributed by atoms with Crippen LogP contribution in [0.3, 0.4) is 0 Å². The summed E-state index contributed by atoms with van der Waals surface area (Å²) in [6.45, 7) is 6.56. The maximum Gasteiger partial charge on any atom is 0.243 e. The van der Waals surface area contributed by atoms with Gasteiger partial charge in [0.2, 0.25) is 5.91 Å². The van der Waals surface area contributed by atoms with Gasteiger partial charge in [-0.2, -0.15) is 0 Å². The van der Waals surface area contributed by atoms with Crippen LogP contribution in [0.5, 0.6) is 0 Å². The minimum Gasteiger partial charge on any atom is -0.376 e. The van der Waals surface area contributed by atoms with E-state index in [2.05, 4.69) is 40.4 Å². The average Bonchev–Trinajstić information content (AvgIpc) is 2.47. The Kier molecular flexibility index (Phi) is 5.61. The Morgan fingerprint density at radius 2 is 1.82 bits per heavy atom. The topological polar surface area (TPSA) is 41.1 Å². The number of nitrogens with one attached hydrogen (secondary N) is 2. The predicted octanol–water partition coefficient (Wildman–Crippen LogP) is 4.93. The van der Waals surface area contributed by atoms with E-state index < -0.39 is 0 Å². The van der Waals surface area contributed by atoms with Crippen molar-refractivity contribution >= 4 is 33.2 Å². The van der Waals surface area contributed by atoms with E-state index in [0.29, 0.717) is 5.92 Å². The highest BCUT2D eigenvalue weighted by atomic mass is 79.9. The molecule has 0 bridgehead atoms. The van der Waals surface area contributed by atoms with E-state index in [1.807, 2.05) is 49.4 Å². The first-order valence-electron chi connectivity index (χ1n) is 7.35. The number of hydrogen-bond acceptors (Lipinski definition) is 2. The van der Waals surface area contributed by atoms with Crippen LogP contribution in [0.4, 0.5) is 11.4 Å². The summed E-state index contributed by atoms with van der Waals surface area (Å²) < 4.78 is 1.03. The molecule has 2 aromatic rings. The van der Waals surface area contributed by atoms with Crippen molar-refractivity contribution < 1.29 is 4.79 Å². The normalized spacial score (nSPS) is 10.6. The van der Waals surface area contributed by atoms with Crippen LogP contribution in [0.15, 0.2) is 46.9 Å². The van der Waals surface area contributed by atoms with E-state index in [-0.39, 0.29) is 12.5 Å². The van der Waals surface area contributed by atoms with Crippen molar-refractivity contribution in [3.8, 4) is 0 Å². The second kappa shape index (κ2) is 7.45. The fourth-order valence-electron chi connectivity index (χ4n) is 2.16. The fourth-order valence-corrected chi connectivity index (χ4v) is 2.63. The number of rotatable bonds is 5. The number of halogens is 1. The molecule has 0 saturated heterocycles. The lowest BCUT2D eigenvalue weighted by Gasteiger charge is -2.11. The largest absolute Gasteiger partial charge is 0.376 e. The molecule has 116 valence electrons. The Hall–Kier alpha value is -1.81. The Morgan fingerprint density at radius 1 is 1.14 bits per heavy atom. The molecule has 0 atom stereocenters. The molecular weight excluding hydrogens is 340 g/mol. The minimum absolute atomic E-state index is 0.0559.